The molecule has 0 aliphatic heterocycles. The van der Waals surface area contributed by atoms with Crippen molar-refractivity contribution in [3.05, 3.63) is 46.4 Å². The Morgan fingerprint density at radius 1 is 1.18 bits per heavy atom. The second kappa shape index (κ2) is 4.63. The molecule has 0 N–H and O–H groups in total. The van der Waals surface area contributed by atoms with Gasteiger partial charge in [0.25, 0.3) is 0 Å². The van der Waals surface area contributed by atoms with Gasteiger partial charge in [0, 0.05) is 5.56 Å². The molecule has 0 unspecified atom stereocenters. The monoisotopic (exact) mass is 246 g/mol. The molecule has 0 fully saturated rings. The zero-order chi connectivity index (χ0) is 12.4. The van der Waals surface area contributed by atoms with Gasteiger partial charge in [0.05, 0.1) is 11.3 Å². The van der Waals surface area contributed by atoms with E-state index in [-0.39, 0.29) is 5.15 Å². The summed E-state index contributed by atoms with van der Waals surface area (Å²) in [5, 5.41) is 0.184. The second-order valence-corrected chi connectivity index (χ2v) is 4.20. The van der Waals surface area contributed by atoms with Gasteiger partial charge in [0.2, 0.25) is 0 Å². The average Bonchev–Trinajstić information content (AvgIpc) is 2.32. The third-order valence-corrected chi connectivity index (χ3v) is 3.03. The molecule has 0 aliphatic carbocycles. The van der Waals surface area contributed by atoms with Gasteiger partial charge in [-0.05, 0) is 31.0 Å². The highest BCUT2D eigenvalue weighted by Crippen LogP contribution is 2.25. The molecule has 1 aromatic carbocycles. The maximum absolute atomic E-state index is 11.0. The first-order valence-corrected chi connectivity index (χ1v) is 5.54. The Labute approximate surface area is 104 Å². The SMILES string of the molecule is Cc1ccc(-c2ncnc(Cl)c2C=O)cc1C. The van der Waals surface area contributed by atoms with Gasteiger partial charge in [-0.25, -0.2) is 9.97 Å². The first-order chi connectivity index (χ1) is 8.13. The number of hydrogen-bond donors (Lipinski definition) is 0. The number of hydrogen-bond acceptors (Lipinski definition) is 3. The standard InChI is InChI=1S/C13H11ClN2O/c1-8-3-4-10(5-9(8)2)12-11(6-17)13(14)16-7-15-12/h3-7H,1-2H3. The van der Waals surface area contributed by atoms with Gasteiger partial charge in [-0.3, -0.25) is 4.79 Å². The minimum Gasteiger partial charge on any atom is -0.298 e. The Morgan fingerprint density at radius 2 is 1.94 bits per heavy atom. The molecule has 0 bridgehead atoms. The fourth-order valence-corrected chi connectivity index (χ4v) is 1.77. The van der Waals surface area contributed by atoms with Crippen molar-refractivity contribution in [2.75, 3.05) is 0 Å². The fourth-order valence-electron chi connectivity index (χ4n) is 1.60. The summed E-state index contributed by atoms with van der Waals surface area (Å²) in [4.78, 5) is 18.9. The van der Waals surface area contributed by atoms with Gasteiger partial charge in [-0.15, -0.1) is 0 Å². The number of halogens is 1. The minimum absolute atomic E-state index is 0.184. The predicted molar refractivity (Wildman–Crippen MR) is 67.3 cm³/mol. The summed E-state index contributed by atoms with van der Waals surface area (Å²) in [5.41, 5.74) is 4.12. The van der Waals surface area contributed by atoms with Crippen LogP contribution in [0, 0.1) is 13.8 Å². The molecule has 0 aliphatic rings. The molecule has 0 saturated carbocycles. The number of aryl methyl sites for hydroxylation is 2. The molecule has 3 nitrogen and oxygen atoms in total. The lowest BCUT2D eigenvalue weighted by Gasteiger charge is -2.07. The van der Waals surface area contributed by atoms with Crippen LogP contribution in [0.15, 0.2) is 24.5 Å². The molecule has 0 radical (unpaired) electrons. The van der Waals surface area contributed by atoms with E-state index in [0.717, 1.165) is 11.1 Å². The van der Waals surface area contributed by atoms with E-state index in [1.807, 2.05) is 32.0 Å². The van der Waals surface area contributed by atoms with Gasteiger partial charge in [-0.2, -0.15) is 0 Å². The highest BCUT2D eigenvalue weighted by molar-refractivity contribution is 6.32. The molecule has 0 saturated heterocycles. The van der Waals surface area contributed by atoms with E-state index in [0.29, 0.717) is 17.5 Å². The molecule has 1 aromatic heterocycles. The second-order valence-electron chi connectivity index (χ2n) is 3.84. The van der Waals surface area contributed by atoms with E-state index in [9.17, 15) is 4.79 Å². The van der Waals surface area contributed by atoms with Crippen molar-refractivity contribution >= 4 is 17.9 Å². The van der Waals surface area contributed by atoms with Crippen LogP contribution < -0.4 is 0 Å². The van der Waals surface area contributed by atoms with Crippen molar-refractivity contribution in [1.29, 1.82) is 0 Å². The van der Waals surface area contributed by atoms with E-state index < -0.39 is 0 Å². The van der Waals surface area contributed by atoms with Gasteiger partial charge in [-0.1, -0.05) is 23.7 Å². The highest BCUT2D eigenvalue weighted by atomic mass is 35.5. The number of benzene rings is 1. The van der Waals surface area contributed by atoms with Crippen LogP contribution in [0.4, 0.5) is 0 Å². The third-order valence-electron chi connectivity index (χ3n) is 2.73. The Balaban J connectivity index is 2.64. The first kappa shape index (κ1) is 11.7. The molecule has 4 heteroatoms. The Bertz CT molecular complexity index is 582. The first-order valence-electron chi connectivity index (χ1n) is 5.17. The van der Waals surface area contributed by atoms with Crippen molar-refractivity contribution in [1.82, 2.24) is 9.97 Å². The van der Waals surface area contributed by atoms with Crippen LogP contribution >= 0.6 is 11.6 Å². The van der Waals surface area contributed by atoms with Crippen LogP contribution in [0.25, 0.3) is 11.3 Å². The van der Waals surface area contributed by atoms with Gasteiger partial charge in [0.15, 0.2) is 6.29 Å². The van der Waals surface area contributed by atoms with E-state index >= 15 is 0 Å². The molecule has 2 rings (SSSR count). The van der Waals surface area contributed by atoms with Crippen LogP contribution in [-0.4, -0.2) is 16.3 Å². The fraction of sp³-hybridized carbons (Fsp3) is 0.154. The normalized spacial score (nSPS) is 10.3. The maximum atomic E-state index is 11.0. The van der Waals surface area contributed by atoms with Crippen molar-refractivity contribution < 1.29 is 4.79 Å². The summed E-state index contributed by atoms with van der Waals surface area (Å²) in [5.74, 6) is 0. The molecule has 0 spiro atoms. The van der Waals surface area contributed by atoms with E-state index in [4.69, 9.17) is 11.6 Å². The summed E-state index contributed by atoms with van der Waals surface area (Å²) in [6, 6.07) is 5.91. The highest BCUT2D eigenvalue weighted by Gasteiger charge is 2.11. The van der Waals surface area contributed by atoms with E-state index in [2.05, 4.69) is 9.97 Å². The zero-order valence-electron chi connectivity index (χ0n) is 9.57. The summed E-state index contributed by atoms with van der Waals surface area (Å²) in [6.07, 6.45) is 2.05. The summed E-state index contributed by atoms with van der Waals surface area (Å²) in [6.45, 7) is 4.05. The average molecular weight is 247 g/mol. The van der Waals surface area contributed by atoms with Crippen LogP contribution in [0.5, 0.6) is 0 Å². The lowest BCUT2D eigenvalue weighted by atomic mass is 10.0. The van der Waals surface area contributed by atoms with Gasteiger partial charge in [0.1, 0.15) is 11.5 Å². The van der Waals surface area contributed by atoms with E-state index in [1.165, 1.54) is 11.9 Å². The molecule has 0 atom stereocenters. The van der Waals surface area contributed by atoms with Gasteiger partial charge >= 0.3 is 0 Å². The molecule has 1 heterocycles. The Kier molecular flexibility index (Phi) is 3.20. The quantitative estimate of drug-likeness (QED) is 0.604. The molecule has 0 amide bonds. The molecule has 17 heavy (non-hydrogen) atoms. The lowest BCUT2D eigenvalue weighted by molar-refractivity contribution is 0.112. The Hall–Kier alpha value is -1.74. The van der Waals surface area contributed by atoms with Crippen molar-refractivity contribution in [3.63, 3.8) is 0 Å². The lowest BCUT2D eigenvalue weighted by Crippen LogP contribution is -1.96. The number of rotatable bonds is 2. The van der Waals surface area contributed by atoms with E-state index in [1.54, 1.807) is 0 Å². The Morgan fingerprint density at radius 3 is 2.59 bits per heavy atom. The molecule has 2 aromatic rings. The molecule has 86 valence electrons. The van der Waals surface area contributed by atoms with Crippen molar-refractivity contribution in [3.8, 4) is 11.3 Å². The van der Waals surface area contributed by atoms with Crippen LogP contribution in [0.3, 0.4) is 0 Å². The number of nitrogens with zero attached hydrogens (tertiary/aromatic N) is 2. The topological polar surface area (TPSA) is 42.9 Å². The molecular formula is C13H11ClN2O. The van der Waals surface area contributed by atoms with Gasteiger partial charge < -0.3 is 0 Å². The smallest absolute Gasteiger partial charge is 0.155 e. The maximum Gasteiger partial charge on any atom is 0.155 e. The van der Waals surface area contributed by atoms with Crippen LogP contribution in [0.1, 0.15) is 21.5 Å². The minimum atomic E-state index is 0.184. The van der Waals surface area contributed by atoms with Crippen molar-refractivity contribution in [2.45, 2.75) is 13.8 Å². The number of aldehydes is 1. The number of carbonyl (C=O) groups is 1. The number of carbonyl (C=O) groups excluding carboxylic acids is 1. The largest absolute Gasteiger partial charge is 0.298 e. The third kappa shape index (κ3) is 2.19. The summed E-state index contributed by atoms with van der Waals surface area (Å²) < 4.78 is 0. The number of aromatic nitrogens is 2. The van der Waals surface area contributed by atoms with Crippen molar-refractivity contribution in [2.24, 2.45) is 0 Å². The van der Waals surface area contributed by atoms with Crippen LogP contribution in [0.2, 0.25) is 5.15 Å². The summed E-state index contributed by atoms with van der Waals surface area (Å²) >= 11 is 5.87. The summed E-state index contributed by atoms with van der Waals surface area (Å²) in [7, 11) is 0. The molecular weight excluding hydrogens is 236 g/mol. The van der Waals surface area contributed by atoms with Crippen LogP contribution in [-0.2, 0) is 0 Å². The zero-order valence-corrected chi connectivity index (χ0v) is 10.3. The predicted octanol–water partition coefficient (Wildman–Crippen LogP) is 3.23.